The highest BCUT2D eigenvalue weighted by atomic mass is 19.3. The Kier molecular flexibility index (Phi) is 12.8. The summed E-state index contributed by atoms with van der Waals surface area (Å²) in [7, 11) is 0. The normalized spacial score (nSPS) is 16.4. The van der Waals surface area contributed by atoms with E-state index in [-0.39, 0.29) is 60.7 Å². The molecule has 53 heavy (non-hydrogen) atoms. The number of carbonyl (C=O) groups excluding carboxylic acids is 1. The fraction of sp³-hybridized carbons (Fsp3) is 0.286. The van der Waals surface area contributed by atoms with E-state index in [1.165, 1.54) is 24.3 Å². The predicted octanol–water partition coefficient (Wildman–Crippen LogP) is 8.69. The van der Waals surface area contributed by atoms with Crippen LogP contribution in [0.25, 0.3) is 0 Å². The molecule has 0 atom stereocenters. The molecule has 4 N–H and O–H groups in total. The van der Waals surface area contributed by atoms with E-state index in [1.807, 2.05) is 0 Å². The number of carboxylic acids is 1. The first kappa shape index (κ1) is 40.3. The minimum absolute atomic E-state index is 0.0312. The number of benzene rings is 4. The third-order valence-corrected chi connectivity index (χ3v) is 8.62. The molecule has 2 saturated carbocycles. The number of hydrogen-bond donors (Lipinski definition) is 3. The Bertz CT molecular complexity index is 2030. The molecule has 5 nitrogen and oxygen atoms in total. The highest BCUT2D eigenvalue weighted by Gasteiger charge is 2.53. The van der Waals surface area contributed by atoms with Gasteiger partial charge in [-0.15, -0.1) is 0 Å². The maximum atomic E-state index is 13.5. The third-order valence-electron chi connectivity index (χ3n) is 8.62. The van der Waals surface area contributed by atoms with Crippen LogP contribution in [0.2, 0.25) is 0 Å². The van der Waals surface area contributed by atoms with Gasteiger partial charge in [-0.1, -0.05) is 61.8 Å². The van der Waals surface area contributed by atoms with Gasteiger partial charge in [0.25, 0.3) is 5.91 Å². The van der Waals surface area contributed by atoms with E-state index in [9.17, 15) is 35.9 Å². The maximum Gasteiger partial charge on any atom is 0.335 e. The highest BCUT2D eigenvalue weighted by Crippen LogP contribution is 2.51. The first-order valence-electron chi connectivity index (χ1n) is 16.6. The maximum absolute atomic E-state index is 13.5. The number of amides is 1. The standard InChI is InChI=1S/C21H18F3NO.C15H9FO2.C6H11F2N/c1-20(12-21(23,24)13-20)14-25-19(26)17-10-7-15(8-11-17)6-9-16-4-2-3-5-18(16)22;16-14-4-2-1-3-12(14)8-5-11-6-9-13(10-7-11)15(17)18;1-5(4-9)2-6(7,8)3-5/h2-5,7-8,10-11H,12-14H2,1H3,(H,25,26);1-4,6-7,9-10H,(H,17,18);2-4,9H2,1H3. The summed E-state index contributed by atoms with van der Waals surface area (Å²) in [4.78, 5) is 22.8. The molecule has 276 valence electrons. The van der Waals surface area contributed by atoms with E-state index < -0.39 is 23.2 Å². The summed E-state index contributed by atoms with van der Waals surface area (Å²) >= 11 is 0. The molecule has 0 bridgehead atoms. The van der Waals surface area contributed by atoms with Gasteiger partial charge in [0.1, 0.15) is 11.6 Å². The second kappa shape index (κ2) is 16.9. The number of aromatic carboxylic acids is 1. The van der Waals surface area contributed by atoms with Crippen molar-refractivity contribution in [1.29, 1.82) is 0 Å². The topological polar surface area (TPSA) is 92.4 Å². The Morgan fingerprint density at radius 1 is 0.642 bits per heavy atom. The zero-order valence-electron chi connectivity index (χ0n) is 29.1. The van der Waals surface area contributed by atoms with Gasteiger partial charge < -0.3 is 16.2 Å². The van der Waals surface area contributed by atoms with Crippen molar-refractivity contribution in [3.8, 4) is 23.7 Å². The van der Waals surface area contributed by atoms with Crippen molar-refractivity contribution >= 4 is 11.9 Å². The lowest BCUT2D eigenvalue weighted by atomic mass is 9.67. The molecule has 2 aliphatic rings. The second-order valence-corrected chi connectivity index (χ2v) is 13.8. The van der Waals surface area contributed by atoms with Crippen LogP contribution >= 0.6 is 0 Å². The average Bonchev–Trinajstić information content (AvgIpc) is 3.09. The summed E-state index contributed by atoms with van der Waals surface area (Å²) in [5, 5.41) is 11.4. The third kappa shape index (κ3) is 12.0. The Morgan fingerprint density at radius 3 is 1.40 bits per heavy atom. The van der Waals surface area contributed by atoms with Gasteiger partial charge >= 0.3 is 5.97 Å². The Hall–Kier alpha value is -5.52. The summed E-state index contributed by atoms with van der Waals surface area (Å²) in [6.45, 7) is 4.13. The van der Waals surface area contributed by atoms with Gasteiger partial charge in [-0.3, -0.25) is 4.79 Å². The molecule has 1 amide bonds. The lowest BCUT2D eigenvalue weighted by Gasteiger charge is -2.44. The Labute approximate surface area is 304 Å². The summed E-state index contributed by atoms with van der Waals surface area (Å²) in [6, 6.07) is 25.2. The minimum atomic E-state index is -2.61. The van der Waals surface area contributed by atoms with E-state index in [0.29, 0.717) is 34.4 Å². The molecule has 0 spiro atoms. The first-order valence-corrected chi connectivity index (χ1v) is 16.6. The fourth-order valence-electron chi connectivity index (χ4n) is 5.86. The molecular weight excluding hydrogens is 694 g/mol. The van der Waals surface area contributed by atoms with Crippen LogP contribution in [0, 0.1) is 46.1 Å². The lowest BCUT2D eigenvalue weighted by Crippen LogP contribution is -2.50. The Balaban J connectivity index is 0.000000200. The number of nitrogens with two attached hydrogens (primary N) is 1. The number of hydrogen-bond acceptors (Lipinski definition) is 3. The smallest absolute Gasteiger partial charge is 0.335 e. The van der Waals surface area contributed by atoms with Crippen molar-refractivity contribution in [2.75, 3.05) is 13.1 Å². The molecule has 4 aromatic rings. The van der Waals surface area contributed by atoms with E-state index in [4.69, 9.17) is 10.8 Å². The van der Waals surface area contributed by atoms with Gasteiger partial charge in [0.05, 0.1) is 16.7 Å². The fourth-order valence-corrected chi connectivity index (χ4v) is 5.86. The zero-order valence-corrected chi connectivity index (χ0v) is 29.1. The van der Waals surface area contributed by atoms with Crippen molar-refractivity contribution in [1.82, 2.24) is 5.32 Å². The van der Waals surface area contributed by atoms with E-state index >= 15 is 0 Å². The van der Waals surface area contributed by atoms with Crippen molar-refractivity contribution < 1.29 is 41.0 Å². The van der Waals surface area contributed by atoms with Crippen LogP contribution in [0.4, 0.5) is 26.3 Å². The molecule has 0 aromatic heterocycles. The van der Waals surface area contributed by atoms with Gasteiger partial charge in [-0.05, 0) is 90.2 Å². The molecule has 0 saturated heterocycles. The molecule has 2 fully saturated rings. The van der Waals surface area contributed by atoms with Crippen LogP contribution in [0.3, 0.4) is 0 Å². The van der Waals surface area contributed by atoms with Crippen LogP contribution in [0.15, 0.2) is 97.1 Å². The predicted molar refractivity (Wildman–Crippen MR) is 191 cm³/mol. The summed E-state index contributed by atoms with van der Waals surface area (Å²) in [5.41, 5.74) is 6.97. The van der Waals surface area contributed by atoms with Gasteiger partial charge in [0.2, 0.25) is 11.8 Å². The second-order valence-electron chi connectivity index (χ2n) is 13.8. The SMILES string of the molecule is CC1(CN)CC(F)(F)C1.CC1(CNC(=O)c2ccc(C#Cc3ccccc3F)cc2)CC(F)(F)C1.O=C(O)c1ccc(C#Cc2ccccc2F)cc1. The Morgan fingerprint density at radius 2 is 1.04 bits per heavy atom. The van der Waals surface area contributed by atoms with E-state index in [1.54, 1.807) is 86.6 Å². The summed E-state index contributed by atoms with van der Waals surface area (Å²) in [6.07, 6.45) is -0.470. The molecule has 11 heteroatoms. The van der Waals surface area contributed by atoms with E-state index in [0.717, 1.165) is 0 Å². The molecule has 0 radical (unpaired) electrons. The number of carboxylic acid groups (broad SMARTS) is 1. The van der Waals surface area contributed by atoms with Crippen molar-refractivity contribution in [3.05, 3.63) is 142 Å². The quantitative estimate of drug-likeness (QED) is 0.142. The van der Waals surface area contributed by atoms with Crippen molar-refractivity contribution in [3.63, 3.8) is 0 Å². The monoisotopic (exact) mass is 732 g/mol. The van der Waals surface area contributed by atoms with Gasteiger partial charge in [-0.2, -0.15) is 0 Å². The summed E-state index contributed by atoms with van der Waals surface area (Å²) < 4.78 is 77.1. The molecule has 0 aliphatic heterocycles. The van der Waals surface area contributed by atoms with Gasteiger partial charge in [0.15, 0.2) is 0 Å². The highest BCUT2D eigenvalue weighted by molar-refractivity contribution is 5.94. The van der Waals surface area contributed by atoms with E-state index in [2.05, 4.69) is 29.0 Å². The number of halogens is 6. The number of alkyl halides is 4. The molecule has 0 heterocycles. The molecule has 2 aliphatic carbocycles. The number of carbonyl (C=O) groups is 2. The molecule has 0 unspecified atom stereocenters. The average molecular weight is 733 g/mol. The number of nitrogens with one attached hydrogen (secondary N) is 1. The van der Waals surface area contributed by atoms with Crippen LogP contribution in [-0.2, 0) is 0 Å². The minimum Gasteiger partial charge on any atom is -0.478 e. The van der Waals surface area contributed by atoms with Crippen molar-refractivity contribution in [2.24, 2.45) is 16.6 Å². The lowest BCUT2D eigenvalue weighted by molar-refractivity contribution is -0.151. The molecule has 6 rings (SSSR count). The molecular formula is C42H38F6N2O3. The molecule has 4 aromatic carbocycles. The zero-order chi connectivity index (χ0) is 38.9. The number of rotatable bonds is 5. The van der Waals surface area contributed by atoms with Gasteiger partial charge in [-0.25, -0.2) is 31.1 Å². The largest absolute Gasteiger partial charge is 0.478 e. The van der Waals surface area contributed by atoms with Crippen LogP contribution in [-0.4, -0.2) is 41.9 Å². The van der Waals surface area contributed by atoms with Gasteiger partial charge in [0, 0.05) is 48.9 Å². The van der Waals surface area contributed by atoms with Crippen LogP contribution < -0.4 is 11.1 Å². The first-order chi connectivity index (χ1) is 24.9. The van der Waals surface area contributed by atoms with Crippen molar-refractivity contribution in [2.45, 2.75) is 51.4 Å². The summed E-state index contributed by atoms with van der Waals surface area (Å²) in [5.74, 6) is 4.01. The van der Waals surface area contributed by atoms with Crippen LogP contribution in [0.5, 0.6) is 0 Å². The van der Waals surface area contributed by atoms with Crippen LogP contribution in [0.1, 0.15) is 82.5 Å².